The number of aliphatic hydroxyl groups is 1. The monoisotopic (exact) mass is 420 g/mol. The number of nitrogens with one attached hydrogen (secondary N) is 2. The van der Waals surface area contributed by atoms with Crippen LogP contribution in [0.5, 0.6) is 0 Å². The van der Waals surface area contributed by atoms with Crippen molar-refractivity contribution in [2.24, 2.45) is 7.05 Å². The van der Waals surface area contributed by atoms with Crippen molar-refractivity contribution in [2.75, 3.05) is 25.5 Å². The van der Waals surface area contributed by atoms with Gasteiger partial charge in [0.25, 0.3) is 0 Å². The molecule has 160 valence electrons. The van der Waals surface area contributed by atoms with Crippen LogP contribution in [0, 0.1) is 0 Å². The summed E-state index contributed by atoms with van der Waals surface area (Å²) < 4.78 is 7.43. The zero-order valence-electron chi connectivity index (χ0n) is 17.4. The van der Waals surface area contributed by atoms with Crippen LogP contribution in [0.2, 0.25) is 0 Å². The molecule has 9 nitrogen and oxygen atoms in total. The van der Waals surface area contributed by atoms with E-state index in [9.17, 15) is 9.90 Å². The van der Waals surface area contributed by atoms with Gasteiger partial charge in [-0.2, -0.15) is 0 Å². The van der Waals surface area contributed by atoms with Crippen molar-refractivity contribution in [3.8, 4) is 11.3 Å². The number of rotatable bonds is 4. The molecule has 1 atom stereocenters. The Bertz CT molecular complexity index is 1280. The highest BCUT2D eigenvalue weighted by Crippen LogP contribution is 2.31. The summed E-state index contributed by atoms with van der Waals surface area (Å²) in [5, 5.41) is 13.7. The highest BCUT2D eigenvalue weighted by molar-refractivity contribution is 6.07. The third kappa shape index (κ3) is 3.46. The lowest BCUT2D eigenvalue weighted by Gasteiger charge is -2.15. The molecule has 1 aromatic carbocycles. The van der Waals surface area contributed by atoms with Gasteiger partial charge >= 0.3 is 6.09 Å². The Hall–Kier alpha value is -3.59. The van der Waals surface area contributed by atoms with E-state index >= 15 is 0 Å². The first-order valence-corrected chi connectivity index (χ1v) is 10.2. The predicted molar refractivity (Wildman–Crippen MR) is 118 cm³/mol. The molecule has 1 saturated heterocycles. The number of pyridine rings is 1. The van der Waals surface area contributed by atoms with E-state index in [0.717, 1.165) is 44.7 Å². The second-order valence-electron chi connectivity index (χ2n) is 7.85. The number of carbonyl (C=O) groups excluding carboxylic acids is 1. The highest BCUT2D eigenvalue weighted by Gasteiger charge is 2.25. The summed E-state index contributed by atoms with van der Waals surface area (Å²) >= 11 is 0. The van der Waals surface area contributed by atoms with Gasteiger partial charge in [-0.15, -0.1) is 0 Å². The van der Waals surface area contributed by atoms with Gasteiger partial charge in [-0.3, -0.25) is 0 Å². The predicted octanol–water partition coefficient (Wildman–Crippen LogP) is 2.86. The topological polar surface area (TPSA) is 108 Å². The number of carbonyl (C=O) groups is 1. The number of hydrogen-bond donors (Lipinski definition) is 3. The van der Waals surface area contributed by atoms with Crippen LogP contribution in [0.15, 0.2) is 36.7 Å². The Morgan fingerprint density at radius 3 is 3.03 bits per heavy atom. The molecule has 3 N–H and O–H groups in total. The molecule has 3 aromatic heterocycles. The number of anilines is 1. The summed E-state index contributed by atoms with van der Waals surface area (Å²) in [6.07, 6.45) is 1.53. The molecule has 1 aliphatic heterocycles. The lowest BCUT2D eigenvalue weighted by Crippen LogP contribution is -2.30. The smallest absolute Gasteiger partial charge is 0.410 e. The van der Waals surface area contributed by atoms with E-state index in [4.69, 9.17) is 4.74 Å². The van der Waals surface area contributed by atoms with Crippen LogP contribution in [-0.2, 0) is 18.4 Å². The molecule has 1 amide bonds. The quantitative estimate of drug-likeness (QED) is 0.469. The molecular formula is C22H24N6O3. The third-order valence-corrected chi connectivity index (χ3v) is 5.70. The van der Waals surface area contributed by atoms with E-state index in [2.05, 4.69) is 26.3 Å². The molecule has 0 saturated carbocycles. The molecule has 4 heterocycles. The number of aromatic amines is 1. The van der Waals surface area contributed by atoms with Gasteiger partial charge in [0.15, 0.2) is 5.82 Å². The van der Waals surface area contributed by atoms with E-state index in [0.29, 0.717) is 19.5 Å². The van der Waals surface area contributed by atoms with Crippen LogP contribution in [0.3, 0.4) is 0 Å². The second kappa shape index (κ2) is 7.59. The number of hydrogen-bond acceptors (Lipinski definition) is 6. The summed E-state index contributed by atoms with van der Waals surface area (Å²) in [6, 6.07) is 9.94. The number of benzene rings is 1. The molecule has 4 aromatic rings. The number of ether oxygens (including phenoxy) is 1. The first-order valence-electron chi connectivity index (χ1n) is 10.2. The number of H-pyrrole nitrogens is 1. The van der Waals surface area contributed by atoms with Gasteiger partial charge in [-0.25, -0.2) is 14.8 Å². The number of amides is 1. The minimum Gasteiger partial charge on any atom is -0.445 e. The molecule has 0 spiro atoms. The van der Waals surface area contributed by atoms with Crippen LogP contribution in [-0.4, -0.2) is 61.9 Å². The van der Waals surface area contributed by atoms with Gasteiger partial charge in [0, 0.05) is 38.3 Å². The van der Waals surface area contributed by atoms with Crippen LogP contribution in [0.25, 0.3) is 33.3 Å². The van der Waals surface area contributed by atoms with Crippen molar-refractivity contribution < 1.29 is 14.6 Å². The maximum Gasteiger partial charge on any atom is 0.410 e. The van der Waals surface area contributed by atoms with E-state index in [1.807, 2.05) is 42.9 Å². The fraction of sp³-hybridized carbons (Fsp3) is 0.318. The average molecular weight is 420 g/mol. The number of aromatic nitrogens is 4. The van der Waals surface area contributed by atoms with Gasteiger partial charge in [0.1, 0.15) is 17.8 Å². The van der Waals surface area contributed by atoms with Crippen LogP contribution >= 0.6 is 0 Å². The minimum atomic E-state index is -0.458. The number of β-amino-alcohol motifs (C(OH)–C–C–N with tert-alkyl or cyclic N) is 1. The van der Waals surface area contributed by atoms with Crippen molar-refractivity contribution in [3.63, 3.8) is 0 Å². The molecule has 31 heavy (non-hydrogen) atoms. The molecular weight excluding hydrogens is 396 g/mol. The average Bonchev–Trinajstić information content (AvgIpc) is 3.49. The standard InChI is InChI=1S/C22H24N6O3/c1-23-21-18-19(27(2)12-24-18)16-9-17(25-20(16)26-21)14-5-3-4-13(8-14)11-31-22(30)28-7-6-15(29)10-28/h3-5,8-9,12,15,29H,6-7,10-11H2,1-2H3,(H2,23,25,26). The number of imidazole rings is 1. The van der Waals surface area contributed by atoms with Crippen LogP contribution < -0.4 is 5.32 Å². The zero-order chi connectivity index (χ0) is 21.5. The molecule has 0 radical (unpaired) electrons. The number of nitrogens with zero attached hydrogens (tertiary/aromatic N) is 4. The second-order valence-corrected chi connectivity index (χ2v) is 7.85. The first kappa shape index (κ1) is 19.4. The van der Waals surface area contributed by atoms with Crippen molar-refractivity contribution in [1.29, 1.82) is 0 Å². The largest absolute Gasteiger partial charge is 0.445 e. The number of aliphatic hydroxyl groups excluding tert-OH is 1. The summed E-state index contributed by atoms with van der Waals surface area (Å²) in [4.78, 5) is 26.3. The number of fused-ring (bicyclic) bond motifs is 3. The summed E-state index contributed by atoms with van der Waals surface area (Å²) in [7, 11) is 3.80. The lowest BCUT2D eigenvalue weighted by molar-refractivity contribution is 0.0972. The first-order chi connectivity index (χ1) is 15.0. The normalized spacial score (nSPS) is 16.4. The van der Waals surface area contributed by atoms with Crippen molar-refractivity contribution >= 4 is 34.0 Å². The fourth-order valence-electron chi connectivity index (χ4n) is 4.10. The van der Waals surface area contributed by atoms with E-state index < -0.39 is 12.2 Å². The Morgan fingerprint density at radius 1 is 1.39 bits per heavy atom. The van der Waals surface area contributed by atoms with Gasteiger partial charge in [0.2, 0.25) is 0 Å². The van der Waals surface area contributed by atoms with E-state index in [1.165, 1.54) is 4.90 Å². The molecule has 9 heteroatoms. The molecule has 0 bridgehead atoms. The van der Waals surface area contributed by atoms with Gasteiger partial charge in [-0.1, -0.05) is 18.2 Å². The Morgan fingerprint density at radius 2 is 2.26 bits per heavy atom. The minimum absolute atomic E-state index is 0.174. The number of aryl methyl sites for hydroxylation is 1. The van der Waals surface area contributed by atoms with E-state index in [-0.39, 0.29) is 6.61 Å². The zero-order valence-corrected chi connectivity index (χ0v) is 17.4. The Balaban J connectivity index is 1.42. The SMILES string of the molecule is CNc1nc2[nH]c(-c3cccc(COC(=O)N4CCC(O)C4)c3)cc2c2c1ncn2C. The Kier molecular flexibility index (Phi) is 4.74. The van der Waals surface area contributed by atoms with Crippen molar-refractivity contribution in [1.82, 2.24) is 24.4 Å². The summed E-state index contributed by atoms with van der Waals surface area (Å²) in [5.41, 5.74) is 5.41. The molecule has 5 rings (SSSR count). The summed E-state index contributed by atoms with van der Waals surface area (Å²) in [5.74, 6) is 0.726. The van der Waals surface area contributed by atoms with Crippen molar-refractivity contribution in [2.45, 2.75) is 19.1 Å². The molecule has 1 aliphatic rings. The van der Waals surface area contributed by atoms with Gasteiger partial charge < -0.3 is 29.6 Å². The summed E-state index contributed by atoms with van der Waals surface area (Å²) in [6.45, 7) is 1.03. The van der Waals surface area contributed by atoms with Crippen LogP contribution in [0.1, 0.15) is 12.0 Å². The Labute approximate surface area is 178 Å². The maximum atomic E-state index is 12.2. The van der Waals surface area contributed by atoms with Crippen molar-refractivity contribution in [3.05, 3.63) is 42.2 Å². The van der Waals surface area contributed by atoms with E-state index in [1.54, 1.807) is 6.33 Å². The number of likely N-dealkylation sites (tertiary alicyclic amines) is 1. The van der Waals surface area contributed by atoms with Gasteiger partial charge in [0.05, 0.1) is 17.9 Å². The van der Waals surface area contributed by atoms with Crippen LogP contribution in [0.4, 0.5) is 10.6 Å². The third-order valence-electron chi connectivity index (χ3n) is 5.70. The highest BCUT2D eigenvalue weighted by atomic mass is 16.6. The van der Waals surface area contributed by atoms with Gasteiger partial charge in [-0.05, 0) is 29.7 Å². The molecule has 1 fully saturated rings. The fourth-order valence-corrected chi connectivity index (χ4v) is 4.10. The molecule has 1 unspecified atom stereocenters. The lowest BCUT2D eigenvalue weighted by atomic mass is 10.1. The maximum absolute atomic E-state index is 12.2. The molecule has 0 aliphatic carbocycles.